The standard InChI is InChI=1S/C18H24N2O/c1-4-20(5-2)16-12-10-15(11-13-16)14-19-17-8-6-7-9-18(17)21-3/h6-13,19H,4-5,14H2,1-3H3. The van der Waals surface area contributed by atoms with Crippen LogP contribution in [0.15, 0.2) is 48.5 Å². The van der Waals surface area contributed by atoms with Gasteiger partial charge in [-0.25, -0.2) is 0 Å². The minimum absolute atomic E-state index is 0.791. The molecule has 0 atom stereocenters. The van der Waals surface area contributed by atoms with Crippen LogP contribution in [-0.4, -0.2) is 20.2 Å². The monoisotopic (exact) mass is 284 g/mol. The van der Waals surface area contributed by atoms with Crippen molar-refractivity contribution in [3.8, 4) is 5.75 Å². The number of para-hydroxylation sites is 2. The minimum atomic E-state index is 0.791. The Labute approximate surface area is 127 Å². The summed E-state index contributed by atoms with van der Waals surface area (Å²) in [5.41, 5.74) is 3.56. The zero-order valence-electron chi connectivity index (χ0n) is 13.1. The highest BCUT2D eigenvalue weighted by atomic mass is 16.5. The summed E-state index contributed by atoms with van der Waals surface area (Å²) in [6.07, 6.45) is 0. The smallest absolute Gasteiger partial charge is 0.141 e. The second-order valence-electron chi connectivity index (χ2n) is 4.89. The molecule has 0 amide bonds. The quantitative estimate of drug-likeness (QED) is 0.826. The summed E-state index contributed by atoms with van der Waals surface area (Å²) in [7, 11) is 1.69. The molecule has 0 aliphatic carbocycles. The molecule has 0 saturated carbocycles. The molecule has 21 heavy (non-hydrogen) atoms. The summed E-state index contributed by atoms with van der Waals surface area (Å²) in [6.45, 7) is 7.23. The molecule has 112 valence electrons. The fourth-order valence-corrected chi connectivity index (χ4v) is 2.40. The van der Waals surface area contributed by atoms with Crippen molar-refractivity contribution >= 4 is 11.4 Å². The molecule has 0 radical (unpaired) electrons. The molecule has 1 N–H and O–H groups in total. The third kappa shape index (κ3) is 3.91. The lowest BCUT2D eigenvalue weighted by molar-refractivity contribution is 0.416. The second-order valence-corrected chi connectivity index (χ2v) is 4.89. The van der Waals surface area contributed by atoms with Gasteiger partial charge in [0.1, 0.15) is 5.75 Å². The van der Waals surface area contributed by atoms with Crippen LogP contribution in [0.4, 0.5) is 11.4 Å². The van der Waals surface area contributed by atoms with Gasteiger partial charge in [0.25, 0.3) is 0 Å². The van der Waals surface area contributed by atoms with Gasteiger partial charge in [-0.1, -0.05) is 24.3 Å². The van der Waals surface area contributed by atoms with E-state index >= 15 is 0 Å². The van der Waals surface area contributed by atoms with E-state index in [4.69, 9.17) is 4.74 Å². The van der Waals surface area contributed by atoms with Crippen LogP contribution in [0.2, 0.25) is 0 Å². The van der Waals surface area contributed by atoms with Crippen LogP contribution in [-0.2, 0) is 6.54 Å². The number of rotatable bonds is 7. The molecule has 0 heterocycles. The lowest BCUT2D eigenvalue weighted by atomic mass is 10.2. The van der Waals surface area contributed by atoms with E-state index in [2.05, 4.69) is 48.3 Å². The van der Waals surface area contributed by atoms with Gasteiger partial charge in [-0.3, -0.25) is 0 Å². The average molecular weight is 284 g/mol. The summed E-state index contributed by atoms with van der Waals surface area (Å²) >= 11 is 0. The molecule has 2 aromatic rings. The zero-order chi connectivity index (χ0) is 15.1. The second kappa shape index (κ2) is 7.58. The predicted molar refractivity (Wildman–Crippen MR) is 90.3 cm³/mol. The van der Waals surface area contributed by atoms with Crippen LogP contribution >= 0.6 is 0 Å². The first-order chi connectivity index (χ1) is 10.3. The average Bonchev–Trinajstić information content (AvgIpc) is 2.55. The SMILES string of the molecule is CCN(CC)c1ccc(CNc2ccccc2OC)cc1. The van der Waals surface area contributed by atoms with Crippen molar-refractivity contribution in [3.05, 3.63) is 54.1 Å². The number of methoxy groups -OCH3 is 1. The summed E-state index contributed by atoms with van der Waals surface area (Å²) in [5.74, 6) is 0.872. The van der Waals surface area contributed by atoms with Gasteiger partial charge >= 0.3 is 0 Å². The van der Waals surface area contributed by atoms with Crippen molar-refractivity contribution in [3.63, 3.8) is 0 Å². The highest BCUT2D eigenvalue weighted by Gasteiger charge is 2.03. The summed E-state index contributed by atoms with van der Waals surface area (Å²) in [6, 6.07) is 16.7. The van der Waals surface area contributed by atoms with Crippen LogP contribution in [0.3, 0.4) is 0 Å². The highest BCUT2D eigenvalue weighted by molar-refractivity contribution is 5.56. The Morgan fingerprint density at radius 3 is 2.24 bits per heavy atom. The van der Waals surface area contributed by atoms with Crippen LogP contribution in [0.5, 0.6) is 5.75 Å². The predicted octanol–water partition coefficient (Wildman–Crippen LogP) is 4.15. The van der Waals surface area contributed by atoms with E-state index in [1.807, 2.05) is 24.3 Å². The third-order valence-corrected chi connectivity index (χ3v) is 3.65. The van der Waals surface area contributed by atoms with Gasteiger partial charge in [-0.15, -0.1) is 0 Å². The molecule has 0 aliphatic rings. The van der Waals surface area contributed by atoms with Gasteiger partial charge in [0.15, 0.2) is 0 Å². The zero-order valence-corrected chi connectivity index (χ0v) is 13.1. The number of hydrogen-bond acceptors (Lipinski definition) is 3. The maximum atomic E-state index is 5.34. The number of anilines is 2. The molecule has 0 saturated heterocycles. The van der Waals surface area contributed by atoms with Crippen LogP contribution in [0.25, 0.3) is 0 Å². The minimum Gasteiger partial charge on any atom is -0.495 e. The number of benzene rings is 2. The number of hydrogen-bond donors (Lipinski definition) is 1. The van der Waals surface area contributed by atoms with Crippen LogP contribution in [0.1, 0.15) is 19.4 Å². The number of nitrogens with one attached hydrogen (secondary N) is 1. The van der Waals surface area contributed by atoms with Gasteiger partial charge in [0.2, 0.25) is 0 Å². The maximum Gasteiger partial charge on any atom is 0.141 e. The molecule has 2 aromatic carbocycles. The first-order valence-electron chi connectivity index (χ1n) is 7.49. The van der Waals surface area contributed by atoms with Gasteiger partial charge in [-0.2, -0.15) is 0 Å². The highest BCUT2D eigenvalue weighted by Crippen LogP contribution is 2.24. The van der Waals surface area contributed by atoms with E-state index in [-0.39, 0.29) is 0 Å². The van der Waals surface area contributed by atoms with Gasteiger partial charge in [0.05, 0.1) is 12.8 Å². The fourth-order valence-electron chi connectivity index (χ4n) is 2.40. The Balaban J connectivity index is 2.00. The Kier molecular flexibility index (Phi) is 5.50. The van der Waals surface area contributed by atoms with E-state index in [1.54, 1.807) is 7.11 Å². The summed E-state index contributed by atoms with van der Waals surface area (Å²) in [4.78, 5) is 2.34. The molecule has 2 rings (SSSR count). The first-order valence-corrected chi connectivity index (χ1v) is 7.49. The Morgan fingerprint density at radius 2 is 1.62 bits per heavy atom. The largest absolute Gasteiger partial charge is 0.495 e. The lowest BCUT2D eigenvalue weighted by Gasteiger charge is -2.21. The molecule has 0 unspecified atom stereocenters. The molecular formula is C18H24N2O. The molecule has 0 aliphatic heterocycles. The number of ether oxygens (including phenoxy) is 1. The van der Waals surface area contributed by atoms with Crippen LogP contribution < -0.4 is 15.0 Å². The van der Waals surface area contributed by atoms with Crippen molar-refractivity contribution in [1.29, 1.82) is 0 Å². The van der Waals surface area contributed by atoms with Gasteiger partial charge < -0.3 is 15.0 Å². The Morgan fingerprint density at radius 1 is 0.952 bits per heavy atom. The first kappa shape index (κ1) is 15.2. The molecular weight excluding hydrogens is 260 g/mol. The van der Waals surface area contributed by atoms with Crippen molar-refractivity contribution in [2.24, 2.45) is 0 Å². The molecule has 3 nitrogen and oxygen atoms in total. The molecule has 3 heteroatoms. The maximum absolute atomic E-state index is 5.34. The van der Waals surface area contributed by atoms with E-state index in [0.717, 1.165) is 31.1 Å². The normalized spacial score (nSPS) is 10.2. The van der Waals surface area contributed by atoms with E-state index in [0.29, 0.717) is 0 Å². The molecule has 0 spiro atoms. The van der Waals surface area contributed by atoms with Crippen molar-refractivity contribution in [2.45, 2.75) is 20.4 Å². The van der Waals surface area contributed by atoms with Crippen molar-refractivity contribution in [2.75, 3.05) is 30.4 Å². The number of nitrogens with zero attached hydrogens (tertiary/aromatic N) is 1. The topological polar surface area (TPSA) is 24.5 Å². The lowest BCUT2D eigenvalue weighted by Crippen LogP contribution is -2.21. The Bertz CT molecular complexity index is 547. The van der Waals surface area contributed by atoms with E-state index in [1.165, 1.54) is 11.3 Å². The molecule has 0 fully saturated rings. The summed E-state index contributed by atoms with van der Waals surface area (Å²) < 4.78 is 5.34. The fraction of sp³-hybridized carbons (Fsp3) is 0.333. The van der Waals surface area contributed by atoms with E-state index < -0.39 is 0 Å². The van der Waals surface area contributed by atoms with E-state index in [9.17, 15) is 0 Å². The third-order valence-electron chi connectivity index (χ3n) is 3.65. The Hall–Kier alpha value is -2.16. The molecule has 0 aromatic heterocycles. The van der Waals surface area contributed by atoms with Crippen molar-refractivity contribution in [1.82, 2.24) is 0 Å². The van der Waals surface area contributed by atoms with Gasteiger partial charge in [0, 0.05) is 25.3 Å². The summed E-state index contributed by atoms with van der Waals surface area (Å²) in [5, 5.41) is 3.42. The van der Waals surface area contributed by atoms with Gasteiger partial charge in [-0.05, 0) is 43.7 Å². The molecule has 0 bridgehead atoms. The van der Waals surface area contributed by atoms with Crippen LogP contribution in [0, 0.1) is 0 Å². The van der Waals surface area contributed by atoms with Crippen molar-refractivity contribution < 1.29 is 4.74 Å².